The third kappa shape index (κ3) is 3.62. The lowest BCUT2D eigenvalue weighted by Crippen LogP contribution is -2.45. The fourth-order valence-electron chi connectivity index (χ4n) is 4.34. The summed E-state index contributed by atoms with van der Waals surface area (Å²) >= 11 is 0. The van der Waals surface area contributed by atoms with Gasteiger partial charge in [0.1, 0.15) is 11.5 Å². The van der Waals surface area contributed by atoms with Gasteiger partial charge in [0, 0.05) is 38.8 Å². The molecule has 2 aromatic rings. The van der Waals surface area contributed by atoms with Gasteiger partial charge in [0.2, 0.25) is 0 Å². The van der Waals surface area contributed by atoms with E-state index in [1.54, 1.807) is 0 Å². The Morgan fingerprint density at radius 3 is 2.61 bits per heavy atom. The number of nitrogens with one attached hydrogen (secondary N) is 1. The van der Waals surface area contributed by atoms with Gasteiger partial charge >= 0.3 is 0 Å². The highest BCUT2D eigenvalue weighted by molar-refractivity contribution is 5.93. The van der Waals surface area contributed by atoms with Gasteiger partial charge < -0.3 is 20.9 Å². The molecule has 2 aliphatic heterocycles. The van der Waals surface area contributed by atoms with Gasteiger partial charge in [-0.2, -0.15) is 0 Å². The number of piperazine rings is 1. The summed E-state index contributed by atoms with van der Waals surface area (Å²) in [6.45, 7) is 6.71. The summed E-state index contributed by atoms with van der Waals surface area (Å²) in [5.74, 6) is 0.431. The van der Waals surface area contributed by atoms with E-state index in [9.17, 15) is 4.79 Å². The first kappa shape index (κ1) is 18.9. The number of rotatable bonds is 4. The number of amides is 1. The van der Waals surface area contributed by atoms with E-state index < -0.39 is 5.91 Å². The van der Waals surface area contributed by atoms with Gasteiger partial charge in [0.05, 0.1) is 0 Å². The topological polar surface area (TPSA) is 74.5 Å². The number of carbonyl (C=O) groups is 1. The molecule has 4 rings (SSSR count). The largest absolute Gasteiger partial charge is 0.364 e. The van der Waals surface area contributed by atoms with Gasteiger partial charge in [-0.3, -0.25) is 4.79 Å². The molecule has 6 heteroatoms. The SMILES string of the molecule is CCc1c(C2Cc3ccccc3CN2)cc(N2CCN(C)CC2)nc1C(N)=O. The predicted molar refractivity (Wildman–Crippen MR) is 112 cm³/mol. The summed E-state index contributed by atoms with van der Waals surface area (Å²) < 4.78 is 0. The number of hydrogen-bond donors (Lipinski definition) is 2. The van der Waals surface area contributed by atoms with Gasteiger partial charge in [-0.1, -0.05) is 31.2 Å². The summed E-state index contributed by atoms with van der Waals surface area (Å²) in [7, 11) is 2.13. The third-order valence-corrected chi connectivity index (χ3v) is 6.02. The number of pyridine rings is 1. The Morgan fingerprint density at radius 2 is 1.93 bits per heavy atom. The number of likely N-dealkylation sites (N-methyl/N-ethyl adjacent to an activating group) is 1. The summed E-state index contributed by atoms with van der Waals surface area (Å²) in [6, 6.07) is 10.9. The van der Waals surface area contributed by atoms with E-state index in [1.807, 2.05) is 0 Å². The van der Waals surface area contributed by atoms with Crippen LogP contribution in [-0.4, -0.2) is 49.0 Å². The molecule has 1 fully saturated rings. The molecule has 0 radical (unpaired) electrons. The number of fused-ring (bicyclic) bond motifs is 1. The lowest BCUT2D eigenvalue weighted by atomic mass is 9.88. The van der Waals surface area contributed by atoms with Crippen LogP contribution in [0.15, 0.2) is 30.3 Å². The Labute approximate surface area is 166 Å². The Bertz CT molecular complexity index is 873. The van der Waals surface area contributed by atoms with Crippen molar-refractivity contribution in [3.05, 3.63) is 58.3 Å². The van der Waals surface area contributed by atoms with E-state index in [2.05, 4.69) is 59.4 Å². The van der Waals surface area contributed by atoms with Crippen LogP contribution in [0.25, 0.3) is 0 Å². The zero-order valence-electron chi connectivity index (χ0n) is 16.7. The summed E-state index contributed by atoms with van der Waals surface area (Å²) in [6.07, 6.45) is 1.65. The molecule has 3 heterocycles. The Balaban J connectivity index is 1.74. The molecule has 0 saturated carbocycles. The average molecular weight is 380 g/mol. The number of hydrogen-bond acceptors (Lipinski definition) is 5. The number of nitrogens with zero attached hydrogens (tertiary/aromatic N) is 3. The first-order chi connectivity index (χ1) is 13.6. The van der Waals surface area contributed by atoms with Gasteiger partial charge in [-0.15, -0.1) is 0 Å². The molecule has 1 atom stereocenters. The molecule has 1 unspecified atom stereocenters. The third-order valence-electron chi connectivity index (χ3n) is 6.02. The van der Waals surface area contributed by atoms with Gasteiger partial charge in [0.25, 0.3) is 5.91 Å². The quantitative estimate of drug-likeness (QED) is 0.849. The van der Waals surface area contributed by atoms with Crippen LogP contribution < -0.4 is 16.0 Å². The molecule has 2 aliphatic rings. The summed E-state index contributed by atoms with van der Waals surface area (Å²) in [5.41, 5.74) is 11.0. The molecule has 0 aliphatic carbocycles. The van der Waals surface area contributed by atoms with Crippen LogP contribution in [-0.2, 0) is 19.4 Å². The molecular formula is C22H29N5O. The van der Waals surface area contributed by atoms with Gasteiger partial charge in [-0.25, -0.2) is 4.98 Å². The Kier molecular flexibility index (Phi) is 5.33. The van der Waals surface area contributed by atoms with Crippen molar-refractivity contribution in [3.63, 3.8) is 0 Å². The number of anilines is 1. The molecule has 148 valence electrons. The maximum absolute atomic E-state index is 12.2. The monoisotopic (exact) mass is 379 g/mol. The Hall–Kier alpha value is -2.44. The highest BCUT2D eigenvalue weighted by Gasteiger charge is 2.26. The van der Waals surface area contributed by atoms with Crippen molar-refractivity contribution in [1.82, 2.24) is 15.2 Å². The van der Waals surface area contributed by atoms with E-state index in [0.29, 0.717) is 5.69 Å². The van der Waals surface area contributed by atoms with E-state index in [1.165, 1.54) is 11.1 Å². The molecule has 0 bridgehead atoms. The van der Waals surface area contributed by atoms with Crippen LogP contribution in [0, 0.1) is 0 Å². The number of primary amides is 1. The standard InChI is InChI=1S/C22H29N5O/c1-3-17-18(19-12-15-6-4-5-7-16(15)14-24-19)13-20(25-21(17)22(23)28)27-10-8-26(2)9-11-27/h4-7,13,19,24H,3,8-12,14H2,1-2H3,(H2,23,28). The summed E-state index contributed by atoms with van der Waals surface area (Å²) in [4.78, 5) is 21.5. The van der Waals surface area contributed by atoms with Crippen molar-refractivity contribution in [2.45, 2.75) is 32.4 Å². The minimum absolute atomic E-state index is 0.164. The van der Waals surface area contributed by atoms with Crippen molar-refractivity contribution in [2.75, 3.05) is 38.1 Å². The van der Waals surface area contributed by atoms with E-state index in [-0.39, 0.29) is 6.04 Å². The normalized spacial score (nSPS) is 20.1. The van der Waals surface area contributed by atoms with Crippen molar-refractivity contribution in [1.29, 1.82) is 0 Å². The fraction of sp³-hybridized carbons (Fsp3) is 0.455. The highest BCUT2D eigenvalue weighted by atomic mass is 16.1. The second-order valence-electron chi connectivity index (χ2n) is 7.81. The molecular weight excluding hydrogens is 350 g/mol. The molecule has 1 aromatic heterocycles. The zero-order valence-corrected chi connectivity index (χ0v) is 16.7. The molecule has 1 saturated heterocycles. The number of benzene rings is 1. The molecule has 1 amide bonds. The van der Waals surface area contributed by atoms with Crippen LogP contribution >= 0.6 is 0 Å². The molecule has 6 nitrogen and oxygen atoms in total. The van der Waals surface area contributed by atoms with E-state index >= 15 is 0 Å². The number of nitrogens with two attached hydrogens (primary N) is 1. The first-order valence-corrected chi connectivity index (χ1v) is 10.1. The highest BCUT2D eigenvalue weighted by Crippen LogP contribution is 2.32. The van der Waals surface area contributed by atoms with Gasteiger partial charge in [0.15, 0.2) is 0 Å². The van der Waals surface area contributed by atoms with Crippen LogP contribution in [0.4, 0.5) is 5.82 Å². The van der Waals surface area contributed by atoms with Gasteiger partial charge in [-0.05, 0) is 48.2 Å². The number of aromatic nitrogens is 1. The average Bonchev–Trinajstić information content (AvgIpc) is 2.73. The van der Waals surface area contributed by atoms with Crippen LogP contribution in [0.1, 0.15) is 45.7 Å². The second kappa shape index (κ2) is 7.89. The molecule has 0 spiro atoms. The maximum Gasteiger partial charge on any atom is 0.267 e. The van der Waals surface area contributed by atoms with E-state index in [4.69, 9.17) is 10.7 Å². The molecule has 28 heavy (non-hydrogen) atoms. The maximum atomic E-state index is 12.2. The zero-order chi connectivity index (χ0) is 19.7. The molecule has 3 N–H and O–H groups in total. The van der Waals surface area contributed by atoms with Crippen molar-refractivity contribution in [2.24, 2.45) is 5.73 Å². The number of carbonyl (C=O) groups excluding carboxylic acids is 1. The smallest absolute Gasteiger partial charge is 0.267 e. The lowest BCUT2D eigenvalue weighted by molar-refractivity contribution is 0.0994. The fourth-order valence-corrected chi connectivity index (χ4v) is 4.34. The minimum atomic E-state index is -0.440. The minimum Gasteiger partial charge on any atom is -0.364 e. The van der Waals surface area contributed by atoms with Crippen molar-refractivity contribution < 1.29 is 4.79 Å². The molecule has 1 aromatic carbocycles. The van der Waals surface area contributed by atoms with Crippen LogP contribution in [0.2, 0.25) is 0 Å². The van der Waals surface area contributed by atoms with E-state index in [0.717, 1.165) is 62.5 Å². The van der Waals surface area contributed by atoms with Crippen LogP contribution in [0.5, 0.6) is 0 Å². The second-order valence-corrected chi connectivity index (χ2v) is 7.81. The summed E-state index contributed by atoms with van der Waals surface area (Å²) in [5, 5.41) is 3.66. The van der Waals surface area contributed by atoms with Crippen LogP contribution in [0.3, 0.4) is 0 Å². The van der Waals surface area contributed by atoms with Crippen molar-refractivity contribution >= 4 is 11.7 Å². The van der Waals surface area contributed by atoms with Crippen molar-refractivity contribution in [3.8, 4) is 0 Å². The first-order valence-electron chi connectivity index (χ1n) is 10.1. The predicted octanol–water partition coefficient (Wildman–Crippen LogP) is 1.88. The Morgan fingerprint density at radius 1 is 1.21 bits per heavy atom. The lowest BCUT2D eigenvalue weighted by Gasteiger charge is -2.35.